The molecule has 20 heavy (non-hydrogen) atoms. The normalized spacial score (nSPS) is 12.4. The molecule has 1 N–H and O–H groups in total. The molecular weight excluding hydrogens is 264 g/mol. The number of benzene rings is 1. The van der Waals surface area contributed by atoms with Crippen molar-refractivity contribution in [1.29, 1.82) is 0 Å². The Hall–Kier alpha value is -2.11. The first-order valence-electron chi connectivity index (χ1n) is 6.42. The van der Waals surface area contributed by atoms with Crippen LogP contribution in [0, 0.1) is 0 Å². The fourth-order valence-corrected chi connectivity index (χ4v) is 1.84. The minimum Gasteiger partial charge on any atom is -0.435 e. The van der Waals surface area contributed by atoms with E-state index in [1.54, 1.807) is 12.1 Å². The summed E-state index contributed by atoms with van der Waals surface area (Å²) in [5, 5.41) is 7.50. The van der Waals surface area contributed by atoms with Gasteiger partial charge in [0.15, 0.2) is 0 Å². The SMILES string of the molecule is CCn1cc(C(C)Nc2ccc(OC(F)F)cc2)cn1. The fraction of sp³-hybridized carbons (Fsp3) is 0.357. The van der Waals surface area contributed by atoms with Crippen LogP contribution in [-0.2, 0) is 6.54 Å². The van der Waals surface area contributed by atoms with Crippen LogP contribution in [0.1, 0.15) is 25.5 Å². The molecular formula is C14H17F2N3O. The maximum atomic E-state index is 12.0. The second-order valence-corrected chi connectivity index (χ2v) is 4.40. The summed E-state index contributed by atoms with van der Waals surface area (Å²) >= 11 is 0. The third kappa shape index (κ3) is 3.69. The van der Waals surface area contributed by atoms with Crippen molar-refractivity contribution in [3.05, 3.63) is 42.2 Å². The monoisotopic (exact) mass is 281 g/mol. The molecule has 2 rings (SSSR count). The lowest BCUT2D eigenvalue weighted by Gasteiger charge is -2.14. The molecule has 0 amide bonds. The fourth-order valence-electron chi connectivity index (χ4n) is 1.84. The van der Waals surface area contributed by atoms with Crippen molar-refractivity contribution in [1.82, 2.24) is 9.78 Å². The topological polar surface area (TPSA) is 39.1 Å². The van der Waals surface area contributed by atoms with Crippen LogP contribution >= 0.6 is 0 Å². The molecule has 0 bridgehead atoms. The summed E-state index contributed by atoms with van der Waals surface area (Å²) in [6, 6.07) is 6.52. The zero-order chi connectivity index (χ0) is 14.5. The highest BCUT2D eigenvalue weighted by molar-refractivity contribution is 5.47. The lowest BCUT2D eigenvalue weighted by atomic mass is 10.2. The van der Waals surface area contributed by atoms with Crippen LogP contribution in [0.3, 0.4) is 0 Å². The Morgan fingerprint density at radius 3 is 2.55 bits per heavy atom. The first-order valence-corrected chi connectivity index (χ1v) is 6.42. The van der Waals surface area contributed by atoms with Crippen molar-refractivity contribution < 1.29 is 13.5 Å². The van der Waals surface area contributed by atoms with Crippen LogP contribution in [0.25, 0.3) is 0 Å². The van der Waals surface area contributed by atoms with Gasteiger partial charge in [0, 0.05) is 24.0 Å². The molecule has 1 aromatic heterocycles. The first kappa shape index (κ1) is 14.3. The van der Waals surface area contributed by atoms with E-state index in [9.17, 15) is 8.78 Å². The van der Waals surface area contributed by atoms with Gasteiger partial charge in [0.25, 0.3) is 0 Å². The van der Waals surface area contributed by atoms with E-state index in [1.807, 2.05) is 30.9 Å². The summed E-state index contributed by atoms with van der Waals surface area (Å²) in [5.41, 5.74) is 1.91. The minimum atomic E-state index is -2.80. The number of alkyl halides is 2. The standard InChI is InChI=1S/C14H17F2N3O/c1-3-19-9-11(8-17-19)10(2)18-12-4-6-13(7-5-12)20-14(15)16/h4-10,14,18H,3H2,1-2H3. The van der Waals surface area contributed by atoms with Crippen LogP contribution in [0.15, 0.2) is 36.7 Å². The highest BCUT2D eigenvalue weighted by atomic mass is 19.3. The molecule has 1 aromatic carbocycles. The van der Waals surface area contributed by atoms with E-state index in [-0.39, 0.29) is 11.8 Å². The van der Waals surface area contributed by atoms with Crippen LogP contribution in [0.5, 0.6) is 5.75 Å². The third-order valence-corrected chi connectivity index (χ3v) is 2.94. The lowest BCUT2D eigenvalue weighted by molar-refractivity contribution is -0.0498. The van der Waals surface area contributed by atoms with E-state index in [0.29, 0.717) is 0 Å². The predicted molar refractivity (Wildman–Crippen MR) is 73.0 cm³/mol. The number of anilines is 1. The van der Waals surface area contributed by atoms with Crippen LogP contribution in [0.4, 0.5) is 14.5 Å². The summed E-state index contributed by atoms with van der Waals surface area (Å²) in [4.78, 5) is 0. The average Bonchev–Trinajstić information content (AvgIpc) is 2.89. The Kier molecular flexibility index (Phi) is 4.55. The van der Waals surface area contributed by atoms with E-state index in [1.165, 1.54) is 12.1 Å². The maximum Gasteiger partial charge on any atom is 0.387 e. The van der Waals surface area contributed by atoms with Crippen molar-refractivity contribution in [2.45, 2.75) is 33.0 Å². The Balaban J connectivity index is 1.98. The maximum absolute atomic E-state index is 12.0. The van der Waals surface area contributed by atoms with Gasteiger partial charge in [0.2, 0.25) is 0 Å². The number of aryl methyl sites for hydroxylation is 1. The van der Waals surface area contributed by atoms with E-state index >= 15 is 0 Å². The molecule has 0 fully saturated rings. The van der Waals surface area contributed by atoms with Gasteiger partial charge in [-0.05, 0) is 38.1 Å². The molecule has 1 atom stereocenters. The quantitative estimate of drug-likeness (QED) is 0.878. The molecule has 0 radical (unpaired) electrons. The smallest absolute Gasteiger partial charge is 0.387 e. The molecule has 0 spiro atoms. The first-order chi connectivity index (χ1) is 9.58. The van der Waals surface area contributed by atoms with E-state index in [0.717, 1.165) is 17.8 Å². The second kappa shape index (κ2) is 6.36. The van der Waals surface area contributed by atoms with Gasteiger partial charge in [-0.25, -0.2) is 0 Å². The van der Waals surface area contributed by atoms with Gasteiger partial charge >= 0.3 is 6.61 Å². The van der Waals surface area contributed by atoms with E-state index in [2.05, 4.69) is 15.2 Å². The lowest BCUT2D eigenvalue weighted by Crippen LogP contribution is -2.06. The van der Waals surface area contributed by atoms with Crippen molar-refractivity contribution in [2.24, 2.45) is 0 Å². The zero-order valence-corrected chi connectivity index (χ0v) is 11.4. The third-order valence-electron chi connectivity index (χ3n) is 2.94. The number of ether oxygens (including phenoxy) is 1. The summed E-state index contributed by atoms with van der Waals surface area (Å²) in [5.74, 6) is 0.150. The van der Waals surface area contributed by atoms with Gasteiger partial charge in [-0.2, -0.15) is 13.9 Å². The number of nitrogens with zero attached hydrogens (tertiary/aromatic N) is 2. The molecule has 0 saturated carbocycles. The molecule has 0 saturated heterocycles. The molecule has 2 aromatic rings. The van der Waals surface area contributed by atoms with Crippen molar-refractivity contribution in [3.63, 3.8) is 0 Å². The highest BCUT2D eigenvalue weighted by Crippen LogP contribution is 2.22. The van der Waals surface area contributed by atoms with Crippen LogP contribution in [0.2, 0.25) is 0 Å². The van der Waals surface area contributed by atoms with E-state index < -0.39 is 6.61 Å². The molecule has 1 unspecified atom stereocenters. The van der Waals surface area contributed by atoms with Gasteiger partial charge in [-0.15, -0.1) is 0 Å². The molecule has 0 aliphatic heterocycles. The summed E-state index contributed by atoms with van der Waals surface area (Å²) in [7, 11) is 0. The number of rotatable bonds is 6. The second-order valence-electron chi connectivity index (χ2n) is 4.40. The van der Waals surface area contributed by atoms with Gasteiger partial charge in [-0.3, -0.25) is 4.68 Å². The Morgan fingerprint density at radius 1 is 1.30 bits per heavy atom. The Bertz CT molecular complexity index is 540. The summed E-state index contributed by atoms with van der Waals surface area (Å²) < 4.78 is 30.2. The molecule has 4 nitrogen and oxygen atoms in total. The zero-order valence-electron chi connectivity index (χ0n) is 11.4. The van der Waals surface area contributed by atoms with Crippen molar-refractivity contribution in [2.75, 3.05) is 5.32 Å². The number of aromatic nitrogens is 2. The van der Waals surface area contributed by atoms with Crippen LogP contribution in [-0.4, -0.2) is 16.4 Å². The number of halogens is 2. The molecule has 0 aliphatic rings. The molecule has 0 aliphatic carbocycles. The number of nitrogens with one attached hydrogen (secondary N) is 1. The predicted octanol–water partition coefficient (Wildman–Crippen LogP) is 3.68. The van der Waals surface area contributed by atoms with Crippen LogP contribution < -0.4 is 10.1 Å². The van der Waals surface area contributed by atoms with Crippen molar-refractivity contribution >= 4 is 5.69 Å². The molecule has 108 valence electrons. The largest absolute Gasteiger partial charge is 0.435 e. The van der Waals surface area contributed by atoms with E-state index in [4.69, 9.17) is 0 Å². The van der Waals surface area contributed by atoms with Gasteiger partial charge in [0.1, 0.15) is 5.75 Å². The molecule has 1 heterocycles. The highest BCUT2D eigenvalue weighted by Gasteiger charge is 2.08. The number of hydrogen-bond acceptors (Lipinski definition) is 3. The Labute approximate surface area is 116 Å². The van der Waals surface area contributed by atoms with Gasteiger partial charge in [0.05, 0.1) is 12.2 Å². The van der Waals surface area contributed by atoms with Gasteiger partial charge < -0.3 is 10.1 Å². The average molecular weight is 281 g/mol. The van der Waals surface area contributed by atoms with Crippen molar-refractivity contribution in [3.8, 4) is 5.75 Å². The summed E-state index contributed by atoms with van der Waals surface area (Å²) in [6.07, 6.45) is 3.79. The van der Waals surface area contributed by atoms with Gasteiger partial charge in [-0.1, -0.05) is 0 Å². The number of hydrogen-bond donors (Lipinski definition) is 1. The molecule has 6 heteroatoms. The minimum absolute atomic E-state index is 0.0807. The summed E-state index contributed by atoms with van der Waals surface area (Å²) in [6.45, 7) is 2.07. The Morgan fingerprint density at radius 2 is 2.00 bits per heavy atom.